The van der Waals surface area contributed by atoms with Crippen molar-refractivity contribution in [3.63, 3.8) is 0 Å². The van der Waals surface area contributed by atoms with Crippen molar-refractivity contribution in [1.29, 1.82) is 0 Å². The number of methoxy groups -OCH3 is 1. The van der Waals surface area contributed by atoms with Gasteiger partial charge in [0.1, 0.15) is 12.4 Å². The van der Waals surface area contributed by atoms with Crippen molar-refractivity contribution in [2.24, 2.45) is 0 Å². The average molecular weight is 261 g/mol. The van der Waals surface area contributed by atoms with E-state index in [0.29, 0.717) is 12.4 Å². The molecule has 0 aromatic heterocycles. The van der Waals surface area contributed by atoms with E-state index in [1.165, 1.54) is 13.2 Å². The fourth-order valence-electron chi connectivity index (χ4n) is 1.80. The molecule has 0 aliphatic heterocycles. The van der Waals surface area contributed by atoms with Gasteiger partial charge in [0.25, 0.3) is 0 Å². The van der Waals surface area contributed by atoms with Gasteiger partial charge in [-0.3, -0.25) is 10.1 Å². The highest BCUT2D eigenvalue weighted by atomic mass is 16.7. The molecule has 0 amide bonds. The van der Waals surface area contributed by atoms with Gasteiger partial charge in [-0.25, -0.2) is 0 Å². The van der Waals surface area contributed by atoms with Gasteiger partial charge in [-0.1, -0.05) is 30.3 Å². The van der Waals surface area contributed by atoms with E-state index in [9.17, 15) is 10.1 Å². The van der Waals surface area contributed by atoms with Crippen molar-refractivity contribution in [3.8, 4) is 0 Å². The molecule has 0 saturated carbocycles. The van der Waals surface area contributed by atoms with Crippen LogP contribution in [0.2, 0.25) is 0 Å². The summed E-state index contributed by atoms with van der Waals surface area (Å²) in [5, 5.41) is 11.0. The van der Waals surface area contributed by atoms with Crippen molar-refractivity contribution >= 4 is 0 Å². The van der Waals surface area contributed by atoms with Gasteiger partial charge in [-0.05, 0) is 17.7 Å². The number of nitrogens with zero attached hydrogens (tertiary/aromatic N) is 1. The van der Waals surface area contributed by atoms with E-state index in [4.69, 9.17) is 9.47 Å². The molecule has 19 heavy (non-hydrogen) atoms. The Labute approximate surface area is 111 Å². The summed E-state index contributed by atoms with van der Waals surface area (Å²) in [5.74, 6) is 0.623. The van der Waals surface area contributed by atoms with Gasteiger partial charge in [0.15, 0.2) is 0 Å². The van der Waals surface area contributed by atoms with E-state index in [1.54, 1.807) is 12.2 Å². The molecule has 2 rings (SSSR count). The van der Waals surface area contributed by atoms with Crippen molar-refractivity contribution in [2.45, 2.75) is 18.8 Å². The standard InChI is InChI=1S/C14H15NO4/c1-18-14(15(16)17)9-7-13(8-10-14)19-11-12-5-3-2-4-6-12/h2-9H,10-11H2,1H3. The monoisotopic (exact) mass is 261 g/mol. The van der Waals surface area contributed by atoms with Crippen LogP contribution in [0.15, 0.2) is 54.3 Å². The second kappa shape index (κ2) is 5.67. The highest BCUT2D eigenvalue weighted by Crippen LogP contribution is 2.25. The SMILES string of the molecule is COC1([N+](=O)[O-])C=CC(OCc2ccccc2)=CC1. The van der Waals surface area contributed by atoms with Crippen LogP contribution in [-0.4, -0.2) is 17.8 Å². The highest BCUT2D eigenvalue weighted by Gasteiger charge is 2.41. The van der Waals surface area contributed by atoms with Crippen molar-refractivity contribution in [3.05, 3.63) is 70.0 Å². The van der Waals surface area contributed by atoms with Gasteiger partial charge < -0.3 is 9.47 Å². The molecule has 0 radical (unpaired) electrons. The Kier molecular flexibility index (Phi) is 3.97. The summed E-state index contributed by atoms with van der Waals surface area (Å²) in [6.07, 6.45) is 4.85. The lowest BCUT2D eigenvalue weighted by atomic mass is 10.0. The molecule has 1 aliphatic carbocycles. The van der Waals surface area contributed by atoms with E-state index in [-0.39, 0.29) is 6.42 Å². The maximum Gasteiger partial charge on any atom is 0.348 e. The second-order valence-corrected chi connectivity index (χ2v) is 4.22. The topological polar surface area (TPSA) is 61.6 Å². The van der Waals surface area contributed by atoms with Crippen LogP contribution in [0.5, 0.6) is 0 Å². The largest absolute Gasteiger partial charge is 0.489 e. The number of hydrogen-bond donors (Lipinski definition) is 0. The molecule has 100 valence electrons. The van der Waals surface area contributed by atoms with Gasteiger partial charge in [-0.15, -0.1) is 0 Å². The minimum absolute atomic E-state index is 0.164. The van der Waals surface area contributed by atoms with E-state index in [1.807, 2.05) is 30.3 Å². The maximum absolute atomic E-state index is 11.0. The predicted molar refractivity (Wildman–Crippen MR) is 69.8 cm³/mol. The zero-order chi connectivity index (χ0) is 13.7. The fourth-order valence-corrected chi connectivity index (χ4v) is 1.80. The molecule has 0 saturated heterocycles. The van der Waals surface area contributed by atoms with Gasteiger partial charge in [0.2, 0.25) is 0 Å². The third-order valence-electron chi connectivity index (χ3n) is 3.01. The maximum atomic E-state index is 11.0. The molecule has 5 heteroatoms. The molecule has 0 N–H and O–H groups in total. The van der Waals surface area contributed by atoms with E-state index in [0.717, 1.165) is 5.56 Å². The number of ether oxygens (including phenoxy) is 2. The summed E-state index contributed by atoms with van der Waals surface area (Å²) in [4.78, 5) is 10.5. The van der Waals surface area contributed by atoms with Crippen LogP contribution in [0.3, 0.4) is 0 Å². The smallest absolute Gasteiger partial charge is 0.348 e. The number of rotatable bonds is 5. The Morgan fingerprint density at radius 3 is 2.63 bits per heavy atom. The molecule has 5 nitrogen and oxygen atoms in total. The zero-order valence-corrected chi connectivity index (χ0v) is 10.6. The second-order valence-electron chi connectivity index (χ2n) is 4.22. The number of allylic oxidation sites excluding steroid dienone is 1. The minimum Gasteiger partial charge on any atom is -0.489 e. The lowest BCUT2D eigenvalue weighted by Gasteiger charge is -2.22. The van der Waals surface area contributed by atoms with Crippen LogP contribution in [0.4, 0.5) is 0 Å². The fraction of sp³-hybridized carbons (Fsp3) is 0.286. The Hall–Kier alpha value is -2.14. The summed E-state index contributed by atoms with van der Waals surface area (Å²) < 4.78 is 10.5. The van der Waals surface area contributed by atoms with Gasteiger partial charge in [0.05, 0.1) is 11.3 Å². The van der Waals surface area contributed by atoms with Crippen LogP contribution >= 0.6 is 0 Å². The Bertz CT molecular complexity index is 509. The lowest BCUT2D eigenvalue weighted by Crippen LogP contribution is -2.38. The van der Waals surface area contributed by atoms with Gasteiger partial charge in [-0.2, -0.15) is 0 Å². The van der Waals surface area contributed by atoms with Gasteiger partial charge in [0, 0.05) is 13.2 Å². The number of nitro groups is 1. The van der Waals surface area contributed by atoms with Crippen molar-refractivity contribution in [2.75, 3.05) is 7.11 Å². The van der Waals surface area contributed by atoms with Crippen LogP contribution in [0.1, 0.15) is 12.0 Å². The Morgan fingerprint density at radius 2 is 2.11 bits per heavy atom. The summed E-state index contributed by atoms with van der Waals surface area (Å²) in [5.41, 5.74) is -0.408. The predicted octanol–water partition coefficient (Wildman–Crippen LogP) is 2.67. The third kappa shape index (κ3) is 3.00. The molecule has 0 bridgehead atoms. The van der Waals surface area contributed by atoms with Crippen molar-refractivity contribution < 1.29 is 14.4 Å². The van der Waals surface area contributed by atoms with Crippen LogP contribution < -0.4 is 0 Å². The summed E-state index contributed by atoms with van der Waals surface area (Å²) in [6.45, 7) is 0.440. The molecule has 1 aromatic rings. The Morgan fingerprint density at radius 1 is 1.37 bits per heavy atom. The lowest BCUT2D eigenvalue weighted by molar-refractivity contribution is -0.610. The van der Waals surface area contributed by atoms with E-state index < -0.39 is 10.6 Å². The zero-order valence-electron chi connectivity index (χ0n) is 10.6. The van der Waals surface area contributed by atoms with Crippen LogP contribution in [-0.2, 0) is 16.1 Å². The molecule has 0 fully saturated rings. The van der Waals surface area contributed by atoms with Crippen LogP contribution in [0.25, 0.3) is 0 Å². The van der Waals surface area contributed by atoms with E-state index in [2.05, 4.69) is 0 Å². The molecular formula is C14H15NO4. The molecule has 1 atom stereocenters. The molecule has 0 spiro atoms. The van der Waals surface area contributed by atoms with Crippen molar-refractivity contribution in [1.82, 2.24) is 0 Å². The minimum atomic E-state index is -1.46. The number of hydrogen-bond acceptors (Lipinski definition) is 4. The first kappa shape index (κ1) is 13.3. The molecule has 1 aromatic carbocycles. The summed E-state index contributed by atoms with van der Waals surface area (Å²) in [7, 11) is 1.33. The highest BCUT2D eigenvalue weighted by molar-refractivity contribution is 5.22. The first-order chi connectivity index (χ1) is 9.16. The van der Waals surface area contributed by atoms with Crippen LogP contribution in [0, 0.1) is 10.1 Å². The molecule has 0 heterocycles. The molecular weight excluding hydrogens is 246 g/mol. The average Bonchev–Trinajstić information content (AvgIpc) is 2.46. The first-order valence-corrected chi connectivity index (χ1v) is 5.92. The van der Waals surface area contributed by atoms with Gasteiger partial charge >= 0.3 is 5.72 Å². The number of benzene rings is 1. The Balaban J connectivity index is 1.95. The molecule has 1 unspecified atom stereocenters. The first-order valence-electron chi connectivity index (χ1n) is 5.92. The van der Waals surface area contributed by atoms with E-state index >= 15 is 0 Å². The summed E-state index contributed by atoms with van der Waals surface area (Å²) >= 11 is 0. The third-order valence-corrected chi connectivity index (χ3v) is 3.01. The summed E-state index contributed by atoms with van der Waals surface area (Å²) in [6, 6.07) is 9.74. The quantitative estimate of drug-likeness (QED) is 0.464. The normalized spacial score (nSPS) is 21.8. The molecule has 1 aliphatic rings.